The Kier molecular flexibility index (Phi) is 5.16. The SMILES string of the molecule is NCCc1cc(Cl)cc(Cl)c1OCC1CCCC1. The maximum atomic E-state index is 6.21. The van der Waals surface area contributed by atoms with Gasteiger partial charge in [-0.1, -0.05) is 36.0 Å². The van der Waals surface area contributed by atoms with Gasteiger partial charge in [-0.2, -0.15) is 0 Å². The van der Waals surface area contributed by atoms with Gasteiger partial charge in [0, 0.05) is 5.02 Å². The summed E-state index contributed by atoms with van der Waals surface area (Å²) >= 11 is 12.2. The largest absolute Gasteiger partial charge is 0.491 e. The van der Waals surface area contributed by atoms with Crippen LogP contribution >= 0.6 is 23.2 Å². The molecule has 1 saturated carbocycles. The van der Waals surface area contributed by atoms with Crippen molar-refractivity contribution in [1.82, 2.24) is 0 Å². The number of nitrogens with two attached hydrogens (primary N) is 1. The van der Waals surface area contributed by atoms with Crippen LogP contribution in [0.2, 0.25) is 10.0 Å². The molecule has 0 atom stereocenters. The molecule has 0 saturated heterocycles. The highest BCUT2D eigenvalue weighted by atomic mass is 35.5. The summed E-state index contributed by atoms with van der Waals surface area (Å²) in [6.07, 6.45) is 5.89. The summed E-state index contributed by atoms with van der Waals surface area (Å²) in [5.74, 6) is 1.43. The van der Waals surface area contributed by atoms with Crippen molar-refractivity contribution in [3.8, 4) is 5.75 Å². The van der Waals surface area contributed by atoms with Crippen molar-refractivity contribution in [3.63, 3.8) is 0 Å². The molecular weight excluding hydrogens is 269 g/mol. The van der Waals surface area contributed by atoms with Gasteiger partial charge >= 0.3 is 0 Å². The Labute approximate surface area is 118 Å². The third-order valence-corrected chi connectivity index (χ3v) is 3.94. The van der Waals surface area contributed by atoms with Crippen LogP contribution in [0.1, 0.15) is 31.2 Å². The topological polar surface area (TPSA) is 35.2 Å². The van der Waals surface area contributed by atoms with Gasteiger partial charge in [0.1, 0.15) is 5.75 Å². The summed E-state index contributed by atoms with van der Waals surface area (Å²) in [5.41, 5.74) is 6.61. The normalized spacial score (nSPS) is 16.2. The van der Waals surface area contributed by atoms with Crippen molar-refractivity contribution >= 4 is 23.2 Å². The van der Waals surface area contributed by atoms with Gasteiger partial charge in [0.05, 0.1) is 11.6 Å². The molecule has 0 bridgehead atoms. The van der Waals surface area contributed by atoms with Crippen LogP contribution < -0.4 is 10.5 Å². The lowest BCUT2D eigenvalue weighted by atomic mass is 10.1. The number of ether oxygens (including phenoxy) is 1. The first-order valence-electron chi connectivity index (χ1n) is 6.51. The van der Waals surface area contributed by atoms with Gasteiger partial charge in [0.25, 0.3) is 0 Å². The van der Waals surface area contributed by atoms with E-state index < -0.39 is 0 Å². The Morgan fingerprint density at radius 2 is 1.94 bits per heavy atom. The molecule has 1 aromatic carbocycles. The first-order valence-corrected chi connectivity index (χ1v) is 7.27. The monoisotopic (exact) mass is 287 g/mol. The molecule has 0 unspecified atom stereocenters. The fourth-order valence-electron chi connectivity index (χ4n) is 2.49. The number of rotatable bonds is 5. The van der Waals surface area contributed by atoms with Crippen LogP contribution in [0.15, 0.2) is 12.1 Å². The fourth-order valence-corrected chi connectivity index (χ4v) is 3.08. The zero-order valence-electron chi connectivity index (χ0n) is 10.4. The lowest BCUT2D eigenvalue weighted by Gasteiger charge is -2.16. The minimum atomic E-state index is 0.566. The summed E-state index contributed by atoms with van der Waals surface area (Å²) in [7, 11) is 0. The van der Waals surface area contributed by atoms with Crippen molar-refractivity contribution in [2.24, 2.45) is 11.7 Å². The molecule has 1 aliphatic rings. The van der Waals surface area contributed by atoms with E-state index in [0.29, 0.717) is 22.5 Å². The van der Waals surface area contributed by atoms with Crippen molar-refractivity contribution in [2.45, 2.75) is 32.1 Å². The molecule has 2 N–H and O–H groups in total. The Bertz CT molecular complexity index is 403. The lowest BCUT2D eigenvalue weighted by Crippen LogP contribution is -2.11. The minimum Gasteiger partial charge on any atom is -0.491 e. The van der Waals surface area contributed by atoms with E-state index in [9.17, 15) is 0 Å². The second-order valence-electron chi connectivity index (χ2n) is 4.88. The molecule has 2 rings (SSSR count). The molecular formula is C14H19Cl2NO. The highest BCUT2D eigenvalue weighted by molar-refractivity contribution is 6.35. The molecule has 0 aromatic heterocycles. The maximum Gasteiger partial charge on any atom is 0.141 e. The summed E-state index contributed by atoms with van der Waals surface area (Å²) in [4.78, 5) is 0. The molecule has 18 heavy (non-hydrogen) atoms. The van der Waals surface area contributed by atoms with Gasteiger partial charge in [-0.25, -0.2) is 0 Å². The summed E-state index contributed by atoms with van der Waals surface area (Å²) in [6, 6.07) is 3.62. The molecule has 0 radical (unpaired) electrons. The maximum absolute atomic E-state index is 6.21. The van der Waals surface area contributed by atoms with Gasteiger partial charge in [-0.3, -0.25) is 0 Å². The number of halogens is 2. The smallest absolute Gasteiger partial charge is 0.141 e. The molecule has 100 valence electrons. The molecule has 1 fully saturated rings. The van der Waals surface area contributed by atoms with E-state index in [1.54, 1.807) is 6.07 Å². The number of benzene rings is 1. The molecule has 1 aromatic rings. The van der Waals surface area contributed by atoms with Crippen LogP contribution in [0.3, 0.4) is 0 Å². The number of hydrogen-bond acceptors (Lipinski definition) is 2. The third kappa shape index (κ3) is 3.53. The summed E-state index contributed by atoms with van der Waals surface area (Å²) in [5, 5.41) is 1.22. The van der Waals surface area contributed by atoms with Crippen molar-refractivity contribution in [1.29, 1.82) is 0 Å². The first kappa shape index (κ1) is 14.0. The lowest BCUT2D eigenvalue weighted by molar-refractivity contribution is 0.250. The van der Waals surface area contributed by atoms with Gasteiger partial charge in [-0.15, -0.1) is 0 Å². The van der Waals surface area contributed by atoms with E-state index in [0.717, 1.165) is 24.3 Å². The average molecular weight is 288 g/mol. The molecule has 0 amide bonds. The number of hydrogen-bond donors (Lipinski definition) is 1. The zero-order valence-corrected chi connectivity index (χ0v) is 11.9. The Balaban J connectivity index is 2.09. The van der Waals surface area contributed by atoms with E-state index in [-0.39, 0.29) is 0 Å². The fraction of sp³-hybridized carbons (Fsp3) is 0.571. The highest BCUT2D eigenvalue weighted by Crippen LogP contribution is 2.34. The predicted molar refractivity (Wildman–Crippen MR) is 76.7 cm³/mol. The van der Waals surface area contributed by atoms with Gasteiger partial charge in [0.15, 0.2) is 0 Å². The van der Waals surface area contributed by atoms with Crippen molar-refractivity contribution < 1.29 is 4.74 Å². The van der Waals surface area contributed by atoms with E-state index >= 15 is 0 Å². The van der Waals surface area contributed by atoms with Gasteiger partial charge in [-0.05, 0) is 49.4 Å². The molecule has 4 heteroatoms. The molecule has 0 heterocycles. The quantitative estimate of drug-likeness (QED) is 0.886. The molecule has 0 aliphatic heterocycles. The van der Waals surface area contributed by atoms with Crippen LogP contribution in [0.4, 0.5) is 0 Å². The van der Waals surface area contributed by atoms with Crippen LogP contribution in [0.25, 0.3) is 0 Å². The van der Waals surface area contributed by atoms with Crippen LogP contribution in [0, 0.1) is 5.92 Å². The molecule has 0 spiro atoms. The Morgan fingerprint density at radius 3 is 2.61 bits per heavy atom. The van der Waals surface area contributed by atoms with Crippen molar-refractivity contribution in [2.75, 3.05) is 13.2 Å². The Morgan fingerprint density at radius 1 is 1.22 bits per heavy atom. The van der Waals surface area contributed by atoms with Crippen LogP contribution in [-0.4, -0.2) is 13.2 Å². The van der Waals surface area contributed by atoms with Crippen molar-refractivity contribution in [3.05, 3.63) is 27.7 Å². The second-order valence-corrected chi connectivity index (χ2v) is 5.72. The summed E-state index contributed by atoms with van der Waals surface area (Å²) in [6.45, 7) is 1.31. The van der Waals surface area contributed by atoms with Gasteiger partial charge in [0.2, 0.25) is 0 Å². The highest BCUT2D eigenvalue weighted by Gasteiger charge is 2.17. The van der Waals surface area contributed by atoms with E-state index in [1.807, 2.05) is 6.07 Å². The van der Waals surface area contributed by atoms with E-state index in [4.69, 9.17) is 33.7 Å². The van der Waals surface area contributed by atoms with E-state index in [2.05, 4.69) is 0 Å². The van der Waals surface area contributed by atoms with Gasteiger partial charge < -0.3 is 10.5 Å². The van der Waals surface area contributed by atoms with Crippen LogP contribution in [0.5, 0.6) is 5.75 Å². The standard InChI is InChI=1S/C14H19Cl2NO/c15-12-7-11(5-6-17)14(13(16)8-12)18-9-10-3-1-2-4-10/h7-8,10H,1-6,9,17H2. The predicted octanol–water partition coefficient (Wildman–Crippen LogP) is 4.06. The third-order valence-electron chi connectivity index (χ3n) is 3.44. The Hall–Kier alpha value is -0.440. The molecule has 2 nitrogen and oxygen atoms in total. The minimum absolute atomic E-state index is 0.566. The van der Waals surface area contributed by atoms with E-state index in [1.165, 1.54) is 25.7 Å². The first-order chi connectivity index (χ1) is 8.70. The molecule has 1 aliphatic carbocycles. The van der Waals surface area contributed by atoms with Crippen LogP contribution in [-0.2, 0) is 6.42 Å². The summed E-state index contributed by atoms with van der Waals surface area (Å²) < 4.78 is 5.91. The average Bonchev–Trinajstić information content (AvgIpc) is 2.81. The second kappa shape index (κ2) is 6.65. The zero-order chi connectivity index (χ0) is 13.0.